The first kappa shape index (κ1) is 21.1. The fourth-order valence-electron chi connectivity index (χ4n) is 2.83. The average molecular weight is 431 g/mol. The molecule has 0 bridgehead atoms. The second-order valence-corrected chi connectivity index (χ2v) is 8.41. The molecule has 1 aromatic carbocycles. The van der Waals surface area contributed by atoms with E-state index in [9.17, 15) is 17.6 Å². The number of benzene rings is 1. The maximum absolute atomic E-state index is 14.7. The summed E-state index contributed by atoms with van der Waals surface area (Å²) in [5, 5.41) is 2.63. The van der Waals surface area contributed by atoms with Crippen LogP contribution >= 0.6 is 0 Å². The number of nitrogens with one attached hydrogen (secondary N) is 1. The molecule has 30 heavy (non-hydrogen) atoms. The van der Waals surface area contributed by atoms with E-state index in [4.69, 9.17) is 16.9 Å². The summed E-state index contributed by atoms with van der Waals surface area (Å²) in [6.45, 7) is 0.372. The summed E-state index contributed by atoms with van der Waals surface area (Å²) in [5.41, 5.74) is 6.46. The van der Waals surface area contributed by atoms with Gasteiger partial charge in [0.25, 0.3) is 0 Å². The van der Waals surface area contributed by atoms with Gasteiger partial charge in [0.15, 0.2) is 14.9 Å². The van der Waals surface area contributed by atoms with E-state index in [0.29, 0.717) is 11.3 Å². The number of nitrogens with two attached hydrogens (primary N) is 1. The van der Waals surface area contributed by atoms with Crippen LogP contribution < -0.4 is 16.0 Å². The van der Waals surface area contributed by atoms with Crippen molar-refractivity contribution in [2.24, 2.45) is 10.7 Å². The highest BCUT2D eigenvalue weighted by atomic mass is 32.2. The van der Waals surface area contributed by atoms with Crippen molar-refractivity contribution >= 4 is 27.6 Å². The number of guanidine groups is 1. The summed E-state index contributed by atoms with van der Waals surface area (Å²) in [5.74, 6) is -0.570. The quantitative estimate of drug-likeness (QED) is 0.412. The van der Waals surface area contributed by atoms with Gasteiger partial charge in [0, 0.05) is 29.6 Å². The number of cyclic esters (lactones) is 1. The van der Waals surface area contributed by atoms with Crippen LogP contribution in [0.3, 0.4) is 0 Å². The fourth-order valence-corrected chi connectivity index (χ4v) is 3.39. The van der Waals surface area contributed by atoms with E-state index in [2.05, 4.69) is 15.3 Å². The minimum atomic E-state index is -3.45. The van der Waals surface area contributed by atoms with Gasteiger partial charge in [0.2, 0.25) is 5.96 Å². The lowest BCUT2D eigenvalue weighted by molar-refractivity contribution is 0.143. The molecular formula is C19H18FN5O4S. The number of ether oxygens (including phenoxy) is 1. The first-order valence-electron chi connectivity index (χ1n) is 8.66. The molecule has 2 heterocycles. The lowest BCUT2D eigenvalue weighted by Gasteiger charge is -2.14. The SMILES string of the molecule is C#CN=C(N)NC[C@H]1CN(c2ccc(-c3ccc(S(C)(=O)=O)nc3)c(F)c2)C(=O)O1. The van der Waals surface area contributed by atoms with Crippen LogP contribution in [-0.2, 0) is 14.6 Å². The van der Waals surface area contributed by atoms with E-state index in [1.54, 1.807) is 6.07 Å². The number of nitrogens with zero attached hydrogens (tertiary/aromatic N) is 3. The molecule has 1 amide bonds. The van der Waals surface area contributed by atoms with Crippen LogP contribution in [0.15, 0.2) is 46.5 Å². The molecule has 3 rings (SSSR count). The molecule has 1 aromatic heterocycles. The van der Waals surface area contributed by atoms with Crippen molar-refractivity contribution in [3.8, 4) is 23.6 Å². The van der Waals surface area contributed by atoms with Gasteiger partial charge in [0.1, 0.15) is 11.9 Å². The molecule has 1 aliphatic heterocycles. The third-order valence-corrected chi connectivity index (χ3v) is 5.26. The Morgan fingerprint density at radius 1 is 1.47 bits per heavy atom. The number of aliphatic imine (C=N–C) groups is 1. The summed E-state index contributed by atoms with van der Waals surface area (Å²) in [4.78, 5) is 20.8. The van der Waals surface area contributed by atoms with E-state index >= 15 is 0 Å². The number of halogens is 1. The second-order valence-electron chi connectivity index (χ2n) is 6.44. The number of sulfone groups is 1. The smallest absolute Gasteiger partial charge is 0.414 e. The van der Waals surface area contributed by atoms with Crippen LogP contribution in [0.4, 0.5) is 14.9 Å². The highest BCUT2D eigenvalue weighted by Crippen LogP contribution is 2.29. The molecule has 0 spiro atoms. The van der Waals surface area contributed by atoms with Gasteiger partial charge in [-0.15, -0.1) is 0 Å². The Balaban J connectivity index is 1.74. The lowest BCUT2D eigenvalue weighted by Crippen LogP contribution is -2.38. The molecule has 1 atom stereocenters. The summed E-state index contributed by atoms with van der Waals surface area (Å²) in [6, 6.07) is 9.05. The maximum atomic E-state index is 14.7. The summed E-state index contributed by atoms with van der Waals surface area (Å²) in [6.07, 6.45) is 6.18. The topological polar surface area (TPSA) is 127 Å². The van der Waals surface area contributed by atoms with E-state index in [0.717, 1.165) is 6.26 Å². The molecule has 1 saturated heterocycles. The van der Waals surface area contributed by atoms with Crippen LogP contribution in [0.2, 0.25) is 0 Å². The Morgan fingerprint density at radius 2 is 2.23 bits per heavy atom. The number of pyridine rings is 1. The summed E-state index contributed by atoms with van der Waals surface area (Å²) in [7, 11) is -3.45. The second kappa shape index (κ2) is 8.38. The van der Waals surface area contributed by atoms with Gasteiger partial charge in [0.05, 0.1) is 18.8 Å². The third-order valence-electron chi connectivity index (χ3n) is 4.26. The monoisotopic (exact) mass is 431 g/mol. The average Bonchev–Trinajstić information content (AvgIpc) is 3.07. The first-order valence-corrected chi connectivity index (χ1v) is 10.5. The summed E-state index contributed by atoms with van der Waals surface area (Å²) >= 11 is 0. The molecule has 0 saturated carbocycles. The Hall–Kier alpha value is -3.65. The minimum Gasteiger partial charge on any atom is -0.442 e. The molecule has 156 valence electrons. The number of hydrogen-bond donors (Lipinski definition) is 2. The number of terminal acetylenes is 1. The fraction of sp³-hybridized carbons (Fsp3) is 0.211. The number of carbonyl (C=O) groups is 1. The minimum absolute atomic E-state index is 0.0258. The number of rotatable bonds is 5. The standard InChI is InChI=1S/C19H18FN5O4S/c1-3-22-18(21)24-10-14-11-25(19(26)29-14)13-5-6-15(16(20)8-13)12-4-7-17(23-9-12)30(2,27)28/h1,4-9,14H,10-11H2,2H3,(H3,21,22,24)/t14-/m0/s1. The molecule has 3 N–H and O–H groups in total. The van der Waals surface area contributed by atoms with Crippen LogP contribution in [0.1, 0.15) is 0 Å². The molecule has 0 radical (unpaired) electrons. The van der Waals surface area contributed by atoms with Crippen molar-refractivity contribution in [1.29, 1.82) is 0 Å². The Morgan fingerprint density at radius 3 is 2.83 bits per heavy atom. The van der Waals surface area contributed by atoms with E-state index in [-0.39, 0.29) is 29.6 Å². The van der Waals surface area contributed by atoms with Gasteiger partial charge < -0.3 is 15.8 Å². The number of hydrogen-bond acceptors (Lipinski definition) is 6. The molecule has 0 aliphatic carbocycles. The number of carbonyl (C=O) groups excluding carboxylic acids is 1. The first-order chi connectivity index (χ1) is 14.2. The van der Waals surface area contributed by atoms with E-state index in [1.165, 1.54) is 35.4 Å². The zero-order valence-corrected chi connectivity index (χ0v) is 16.7. The number of amides is 1. The van der Waals surface area contributed by atoms with Gasteiger partial charge in [-0.3, -0.25) is 4.90 Å². The third kappa shape index (κ3) is 4.66. The molecule has 1 aliphatic rings. The predicted octanol–water partition coefficient (Wildman–Crippen LogP) is 1.11. The largest absolute Gasteiger partial charge is 0.442 e. The normalized spacial score (nSPS) is 16.8. The van der Waals surface area contributed by atoms with Gasteiger partial charge >= 0.3 is 6.09 Å². The van der Waals surface area contributed by atoms with Crippen molar-refractivity contribution in [3.05, 3.63) is 42.3 Å². The van der Waals surface area contributed by atoms with E-state index in [1.807, 2.05) is 6.04 Å². The predicted molar refractivity (Wildman–Crippen MR) is 109 cm³/mol. The van der Waals surface area contributed by atoms with Crippen molar-refractivity contribution in [1.82, 2.24) is 10.3 Å². The van der Waals surface area contributed by atoms with Crippen LogP contribution in [0.5, 0.6) is 0 Å². The number of aromatic nitrogens is 1. The van der Waals surface area contributed by atoms with E-state index < -0.39 is 27.9 Å². The van der Waals surface area contributed by atoms with Gasteiger partial charge in [-0.25, -0.2) is 22.6 Å². The maximum Gasteiger partial charge on any atom is 0.414 e. The zero-order chi connectivity index (χ0) is 21.9. The molecule has 9 nitrogen and oxygen atoms in total. The van der Waals surface area contributed by atoms with Crippen molar-refractivity contribution < 1.29 is 22.3 Å². The van der Waals surface area contributed by atoms with Crippen LogP contribution in [0, 0.1) is 18.3 Å². The Kier molecular flexibility index (Phi) is 5.89. The molecule has 1 fully saturated rings. The number of anilines is 1. The van der Waals surface area contributed by atoms with Gasteiger partial charge in [-0.2, -0.15) is 4.99 Å². The zero-order valence-electron chi connectivity index (χ0n) is 15.9. The van der Waals surface area contributed by atoms with Gasteiger partial charge in [-0.05, 0) is 30.3 Å². The molecular weight excluding hydrogens is 413 g/mol. The lowest BCUT2D eigenvalue weighted by atomic mass is 10.1. The van der Waals surface area contributed by atoms with Crippen molar-refractivity contribution in [2.45, 2.75) is 11.1 Å². The van der Waals surface area contributed by atoms with Gasteiger partial charge in [-0.1, -0.05) is 6.42 Å². The molecule has 0 unspecified atom stereocenters. The Bertz CT molecular complexity index is 1140. The highest BCUT2D eigenvalue weighted by molar-refractivity contribution is 7.90. The Labute approximate surface area is 172 Å². The highest BCUT2D eigenvalue weighted by Gasteiger charge is 2.32. The molecule has 2 aromatic rings. The van der Waals surface area contributed by atoms with Crippen LogP contribution in [0.25, 0.3) is 11.1 Å². The van der Waals surface area contributed by atoms with Crippen molar-refractivity contribution in [3.63, 3.8) is 0 Å². The summed E-state index contributed by atoms with van der Waals surface area (Å²) < 4.78 is 42.9. The molecule has 11 heteroatoms. The van der Waals surface area contributed by atoms with Crippen molar-refractivity contribution in [2.75, 3.05) is 24.2 Å². The van der Waals surface area contributed by atoms with Crippen LogP contribution in [-0.4, -0.2) is 50.9 Å².